The van der Waals surface area contributed by atoms with Crippen LogP contribution in [0.2, 0.25) is 0 Å². The Morgan fingerprint density at radius 2 is 1.26 bits per heavy atom. The van der Waals surface area contributed by atoms with Crippen LogP contribution in [0.5, 0.6) is 0 Å². The fourth-order valence-electron chi connectivity index (χ4n) is 1.33. The molecule has 0 aliphatic heterocycles. The van der Waals surface area contributed by atoms with Crippen LogP contribution < -0.4 is 0 Å². The number of esters is 1. The van der Waals surface area contributed by atoms with Crippen molar-refractivity contribution in [2.24, 2.45) is 0 Å². The molecule has 0 N–H and O–H groups in total. The maximum atomic E-state index is 13.3. The molecule has 0 heterocycles. The molecule has 19 heavy (non-hydrogen) atoms. The van der Waals surface area contributed by atoms with E-state index < -0.39 is 52.6 Å². The number of hydrogen-bond acceptors (Lipinski definition) is 2. The Labute approximate surface area is 106 Å². The first kappa shape index (κ1) is 15.4. The van der Waals surface area contributed by atoms with E-state index in [9.17, 15) is 26.7 Å². The normalized spacial score (nSPS) is 11.6. The van der Waals surface area contributed by atoms with Gasteiger partial charge in [-0.1, -0.05) is 0 Å². The summed E-state index contributed by atoms with van der Waals surface area (Å²) in [5.41, 5.74) is -2.13. The standard InChI is InChI=1S/C12H11F5O2/c1-12(2,3)19-6(18)4-5-7(13)9(15)11(17)10(16)8(5)14/h4H2,1-3H3. The highest BCUT2D eigenvalue weighted by Gasteiger charge is 2.28. The smallest absolute Gasteiger partial charge is 0.311 e. The molecule has 0 fully saturated rings. The molecule has 0 unspecified atom stereocenters. The Bertz CT molecular complexity index is 491. The summed E-state index contributed by atoms with van der Waals surface area (Å²) in [6.07, 6.45) is -1.04. The molecule has 0 radical (unpaired) electrons. The Hall–Kier alpha value is -1.66. The van der Waals surface area contributed by atoms with Crippen molar-refractivity contribution < 1.29 is 31.5 Å². The van der Waals surface area contributed by atoms with Gasteiger partial charge in [-0.25, -0.2) is 22.0 Å². The zero-order valence-corrected chi connectivity index (χ0v) is 10.4. The summed E-state index contributed by atoms with van der Waals surface area (Å²) in [4.78, 5) is 11.3. The van der Waals surface area contributed by atoms with Gasteiger partial charge in [0.25, 0.3) is 0 Å². The van der Waals surface area contributed by atoms with E-state index in [0.717, 1.165) is 0 Å². The van der Waals surface area contributed by atoms with Crippen molar-refractivity contribution in [2.75, 3.05) is 0 Å². The molecule has 0 saturated heterocycles. The molecule has 106 valence electrons. The number of ether oxygens (including phenoxy) is 1. The minimum Gasteiger partial charge on any atom is -0.460 e. The number of rotatable bonds is 2. The summed E-state index contributed by atoms with van der Waals surface area (Å²) < 4.78 is 69.8. The summed E-state index contributed by atoms with van der Waals surface area (Å²) in [7, 11) is 0. The fraction of sp³-hybridized carbons (Fsp3) is 0.417. The van der Waals surface area contributed by atoms with Crippen LogP contribution in [0.4, 0.5) is 22.0 Å². The van der Waals surface area contributed by atoms with Crippen LogP contribution in [0.25, 0.3) is 0 Å². The van der Waals surface area contributed by atoms with E-state index in [1.807, 2.05) is 0 Å². The molecule has 1 aromatic rings. The Morgan fingerprint density at radius 1 is 0.895 bits per heavy atom. The van der Waals surface area contributed by atoms with Crippen molar-refractivity contribution >= 4 is 5.97 Å². The lowest BCUT2D eigenvalue weighted by molar-refractivity contribution is -0.154. The quantitative estimate of drug-likeness (QED) is 0.360. The molecular formula is C12H11F5O2. The van der Waals surface area contributed by atoms with Gasteiger partial charge < -0.3 is 4.74 Å². The lowest BCUT2D eigenvalue weighted by Crippen LogP contribution is -2.25. The molecule has 1 rings (SSSR count). The lowest BCUT2D eigenvalue weighted by Gasteiger charge is -2.19. The fourth-order valence-corrected chi connectivity index (χ4v) is 1.33. The molecule has 1 aromatic carbocycles. The Kier molecular flexibility index (Phi) is 4.17. The third-order valence-corrected chi connectivity index (χ3v) is 2.04. The van der Waals surface area contributed by atoms with Gasteiger partial charge in [0, 0.05) is 5.56 Å². The molecule has 0 aromatic heterocycles. The lowest BCUT2D eigenvalue weighted by atomic mass is 10.1. The zero-order valence-electron chi connectivity index (χ0n) is 10.4. The van der Waals surface area contributed by atoms with Crippen LogP contribution in [-0.2, 0) is 16.0 Å². The van der Waals surface area contributed by atoms with Crippen LogP contribution in [0.15, 0.2) is 0 Å². The number of benzene rings is 1. The van der Waals surface area contributed by atoms with Gasteiger partial charge in [0.1, 0.15) is 5.60 Å². The topological polar surface area (TPSA) is 26.3 Å². The van der Waals surface area contributed by atoms with E-state index in [-0.39, 0.29) is 0 Å². The maximum Gasteiger partial charge on any atom is 0.311 e. The molecule has 0 amide bonds. The van der Waals surface area contributed by atoms with Crippen molar-refractivity contribution in [3.63, 3.8) is 0 Å². The molecule has 0 atom stereocenters. The summed E-state index contributed by atoms with van der Waals surface area (Å²) >= 11 is 0. The van der Waals surface area contributed by atoms with Gasteiger partial charge in [0.15, 0.2) is 23.3 Å². The molecule has 0 aliphatic carbocycles. The summed E-state index contributed by atoms with van der Waals surface area (Å²) in [6.45, 7) is 4.51. The second kappa shape index (κ2) is 5.14. The van der Waals surface area contributed by atoms with E-state index >= 15 is 0 Å². The molecule has 0 saturated carbocycles. The molecule has 0 spiro atoms. The highest BCUT2D eigenvalue weighted by molar-refractivity contribution is 5.73. The summed E-state index contributed by atoms with van der Waals surface area (Å²) in [5.74, 6) is -11.6. The highest BCUT2D eigenvalue weighted by atomic mass is 19.2. The highest BCUT2D eigenvalue weighted by Crippen LogP contribution is 2.24. The van der Waals surface area contributed by atoms with Gasteiger partial charge in [0.05, 0.1) is 6.42 Å². The van der Waals surface area contributed by atoms with Crippen LogP contribution in [-0.4, -0.2) is 11.6 Å². The van der Waals surface area contributed by atoms with Gasteiger partial charge in [-0.15, -0.1) is 0 Å². The number of halogens is 5. The van der Waals surface area contributed by atoms with Crippen molar-refractivity contribution in [3.05, 3.63) is 34.6 Å². The number of hydrogen-bond donors (Lipinski definition) is 0. The first-order chi connectivity index (χ1) is 8.54. The van der Waals surface area contributed by atoms with Crippen LogP contribution in [0, 0.1) is 29.1 Å². The number of carbonyl (C=O) groups is 1. The van der Waals surface area contributed by atoms with Crippen molar-refractivity contribution in [1.29, 1.82) is 0 Å². The van der Waals surface area contributed by atoms with E-state index in [4.69, 9.17) is 4.74 Å². The number of carbonyl (C=O) groups excluding carboxylic acids is 1. The van der Waals surface area contributed by atoms with E-state index in [0.29, 0.717) is 0 Å². The van der Waals surface area contributed by atoms with Crippen LogP contribution in [0.1, 0.15) is 26.3 Å². The third-order valence-electron chi connectivity index (χ3n) is 2.04. The Balaban J connectivity index is 3.13. The average Bonchev–Trinajstić information content (AvgIpc) is 2.27. The monoisotopic (exact) mass is 282 g/mol. The van der Waals surface area contributed by atoms with Gasteiger partial charge in [-0.2, -0.15) is 0 Å². The van der Waals surface area contributed by atoms with E-state index in [1.54, 1.807) is 0 Å². The van der Waals surface area contributed by atoms with Gasteiger partial charge >= 0.3 is 5.97 Å². The molecule has 0 aliphatic rings. The largest absolute Gasteiger partial charge is 0.460 e. The SMILES string of the molecule is CC(C)(C)OC(=O)Cc1c(F)c(F)c(F)c(F)c1F. The first-order valence-corrected chi connectivity index (χ1v) is 5.26. The van der Waals surface area contributed by atoms with Crippen molar-refractivity contribution in [3.8, 4) is 0 Å². The van der Waals surface area contributed by atoms with E-state index in [1.165, 1.54) is 20.8 Å². The first-order valence-electron chi connectivity index (χ1n) is 5.26. The minimum absolute atomic E-state index is 0.929. The van der Waals surface area contributed by atoms with Crippen molar-refractivity contribution in [1.82, 2.24) is 0 Å². The Morgan fingerprint density at radius 3 is 1.63 bits per heavy atom. The zero-order chi connectivity index (χ0) is 15.0. The predicted octanol–water partition coefficient (Wildman–Crippen LogP) is 3.27. The second-order valence-electron chi connectivity index (χ2n) is 4.81. The minimum atomic E-state index is -2.26. The molecule has 7 heteroatoms. The molecule has 2 nitrogen and oxygen atoms in total. The average molecular weight is 282 g/mol. The van der Waals surface area contributed by atoms with Gasteiger partial charge in [-0.05, 0) is 20.8 Å². The predicted molar refractivity (Wildman–Crippen MR) is 55.8 cm³/mol. The van der Waals surface area contributed by atoms with E-state index in [2.05, 4.69) is 0 Å². The maximum absolute atomic E-state index is 13.3. The third kappa shape index (κ3) is 3.42. The van der Waals surface area contributed by atoms with Gasteiger partial charge in [0.2, 0.25) is 5.82 Å². The second-order valence-corrected chi connectivity index (χ2v) is 4.81. The van der Waals surface area contributed by atoms with Crippen LogP contribution >= 0.6 is 0 Å². The van der Waals surface area contributed by atoms with Gasteiger partial charge in [-0.3, -0.25) is 4.79 Å². The molecule has 0 bridgehead atoms. The summed E-state index contributed by atoms with van der Waals surface area (Å²) in [5, 5.41) is 0. The van der Waals surface area contributed by atoms with Crippen LogP contribution in [0.3, 0.4) is 0 Å². The molecular weight excluding hydrogens is 271 g/mol. The summed E-state index contributed by atoms with van der Waals surface area (Å²) in [6, 6.07) is 0. The van der Waals surface area contributed by atoms with Crippen molar-refractivity contribution in [2.45, 2.75) is 32.8 Å².